The van der Waals surface area contributed by atoms with Gasteiger partial charge in [0, 0.05) is 3.57 Å². The molecular formula is C14H13ClINO3S. The van der Waals surface area contributed by atoms with Crippen LogP contribution in [0.3, 0.4) is 0 Å². The smallest absolute Gasteiger partial charge is 0.261 e. The van der Waals surface area contributed by atoms with E-state index in [1.54, 1.807) is 6.07 Å². The Morgan fingerprint density at radius 3 is 2.48 bits per heavy atom. The Morgan fingerprint density at radius 1 is 1.19 bits per heavy atom. The number of aryl methyl sites for hydroxylation is 1. The van der Waals surface area contributed by atoms with Crippen LogP contribution in [-0.2, 0) is 10.0 Å². The van der Waals surface area contributed by atoms with Crippen LogP contribution in [0.5, 0.6) is 5.75 Å². The van der Waals surface area contributed by atoms with Gasteiger partial charge in [-0.3, -0.25) is 4.72 Å². The fourth-order valence-corrected chi connectivity index (χ4v) is 3.89. The van der Waals surface area contributed by atoms with E-state index in [9.17, 15) is 8.42 Å². The maximum atomic E-state index is 12.4. The van der Waals surface area contributed by atoms with Crippen LogP contribution in [0, 0.1) is 10.5 Å². The summed E-state index contributed by atoms with van der Waals surface area (Å²) in [4.78, 5) is 0.0891. The van der Waals surface area contributed by atoms with Crippen molar-refractivity contribution in [2.75, 3.05) is 11.8 Å². The molecule has 0 aliphatic rings. The van der Waals surface area contributed by atoms with E-state index in [0.717, 1.165) is 9.13 Å². The predicted octanol–water partition coefficient (Wildman–Crippen LogP) is 4.06. The zero-order valence-electron chi connectivity index (χ0n) is 11.4. The SMILES string of the molecule is COc1ccc(S(=O)(=O)Nc2ccc(I)cc2C)cc1Cl. The molecule has 0 aliphatic heterocycles. The Hall–Kier alpha value is -0.990. The largest absolute Gasteiger partial charge is 0.495 e. The first-order valence-electron chi connectivity index (χ1n) is 5.96. The molecule has 4 nitrogen and oxygen atoms in total. The molecule has 2 rings (SSSR count). The number of halogens is 2. The van der Waals surface area contributed by atoms with Gasteiger partial charge >= 0.3 is 0 Å². The van der Waals surface area contributed by atoms with Gasteiger partial charge < -0.3 is 4.74 Å². The van der Waals surface area contributed by atoms with Crippen molar-refractivity contribution in [2.45, 2.75) is 11.8 Å². The summed E-state index contributed by atoms with van der Waals surface area (Å²) in [6, 6.07) is 9.82. The van der Waals surface area contributed by atoms with Gasteiger partial charge in [-0.1, -0.05) is 11.6 Å². The number of sulfonamides is 1. The lowest BCUT2D eigenvalue weighted by Gasteiger charge is -2.12. The molecule has 2 aromatic rings. The molecule has 0 fully saturated rings. The minimum Gasteiger partial charge on any atom is -0.495 e. The molecule has 7 heteroatoms. The Balaban J connectivity index is 2.36. The molecule has 112 valence electrons. The second-order valence-electron chi connectivity index (χ2n) is 4.36. The molecule has 2 aromatic carbocycles. The maximum absolute atomic E-state index is 12.4. The molecule has 0 unspecified atom stereocenters. The lowest BCUT2D eigenvalue weighted by molar-refractivity contribution is 0.414. The van der Waals surface area contributed by atoms with Gasteiger partial charge in [-0.25, -0.2) is 8.42 Å². The fourth-order valence-electron chi connectivity index (χ4n) is 1.76. The van der Waals surface area contributed by atoms with E-state index in [1.807, 2.05) is 19.1 Å². The Kier molecular flexibility index (Phi) is 5.00. The third-order valence-electron chi connectivity index (χ3n) is 2.87. The molecule has 0 radical (unpaired) electrons. The van der Waals surface area contributed by atoms with Crippen molar-refractivity contribution in [3.8, 4) is 5.75 Å². The highest BCUT2D eigenvalue weighted by atomic mass is 127. The summed E-state index contributed by atoms with van der Waals surface area (Å²) in [7, 11) is -2.21. The number of methoxy groups -OCH3 is 1. The number of rotatable bonds is 4. The number of hydrogen-bond acceptors (Lipinski definition) is 3. The van der Waals surface area contributed by atoms with E-state index >= 15 is 0 Å². The average molecular weight is 438 g/mol. The van der Waals surface area contributed by atoms with E-state index in [-0.39, 0.29) is 9.92 Å². The Labute approximate surface area is 142 Å². The molecule has 0 saturated heterocycles. The second kappa shape index (κ2) is 6.41. The lowest BCUT2D eigenvalue weighted by atomic mass is 10.2. The van der Waals surface area contributed by atoms with E-state index in [2.05, 4.69) is 27.3 Å². The summed E-state index contributed by atoms with van der Waals surface area (Å²) in [6.45, 7) is 1.85. The molecule has 0 amide bonds. The monoisotopic (exact) mass is 437 g/mol. The lowest BCUT2D eigenvalue weighted by Crippen LogP contribution is -2.13. The molecule has 21 heavy (non-hydrogen) atoms. The van der Waals surface area contributed by atoms with Crippen LogP contribution in [0.1, 0.15) is 5.56 Å². The molecule has 1 N–H and O–H groups in total. The molecule has 0 aromatic heterocycles. The summed E-state index contributed by atoms with van der Waals surface area (Å²) in [5.41, 5.74) is 1.40. The summed E-state index contributed by atoms with van der Waals surface area (Å²) < 4.78 is 33.4. The van der Waals surface area contributed by atoms with E-state index in [1.165, 1.54) is 25.3 Å². The van der Waals surface area contributed by atoms with Gasteiger partial charge in [-0.2, -0.15) is 0 Å². The van der Waals surface area contributed by atoms with Crippen LogP contribution in [0.4, 0.5) is 5.69 Å². The van der Waals surface area contributed by atoms with Crippen LogP contribution in [0.15, 0.2) is 41.3 Å². The Morgan fingerprint density at radius 2 is 1.90 bits per heavy atom. The highest BCUT2D eigenvalue weighted by molar-refractivity contribution is 14.1. The topological polar surface area (TPSA) is 55.4 Å². The number of anilines is 1. The fraction of sp³-hybridized carbons (Fsp3) is 0.143. The zero-order chi connectivity index (χ0) is 15.6. The van der Waals surface area contributed by atoms with Gasteiger partial charge in [0.2, 0.25) is 0 Å². The van der Waals surface area contributed by atoms with Gasteiger partial charge in [0.1, 0.15) is 5.75 Å². The van der Waals surface area contributed by atoms with Crippen molar-refractivity contribution in [1.82, 2.24) is 0 Å². The van der Waals surface area contributed by atoms with Crippen molar-refractivity contribution < 1.29 is 13.2 Å². The Bertz CT molecular complexity index is 778. The van der Waals surface area contributed by atoms with Crippen LogP contribution >= 0.6 is 34.2 Å². The van der Waals surface area contributed by atoms with Crippen LogP contribution < -0.4 is 9.46 Å². The predicted molar refractivity (Wildman–Crippen MR) is 92.7 cm³/mol. The minimum atomic E-state index is -3.69. The molecule has 0 bridgehead atoms. The van der Waals surface area contributed by atoms with Gasteiger partial charge in [0.15, 0.2) is 0 Å². The first-order chi connectivity index (χ1) is 9.83. The molecule has 0 spiro atoms. The highest BCUT2D eigenvalue weighted by Crippen LogP contribution is 2.28. The van der Waals surface area contributed by atoms with Crippen molar-refractivity contribution in [1.29, 1.82) is 0 Å². The highest BCUT2D eigenvalue weighted by Gasteiger charge is 2.17. The van der Waals surface area contributed by atoms with E-state index in [0.29, 0.717) is 11.4 Å². The van der Waals surface area contributed by atoms with Crippen molar-refractivity contribution >= 4 is 49.9 Å². The second-order valence-corrected chi connectivity index (χ2v) is 7.70. The minimum absolute atomic E-state index is 0.0891. The van der Waals surface area contributed by atoms with Gasteiger partial charge in [0.05, 0.1) is 22.7 Å². The van der Waals surface area contributed by atoms with Crippen molar-refractivity contribution in [3.05, 3.63) is 50.6 Å². The first-order valence-corrected chi connectivity index (χ1v) is 8.90. The number of nitrogens with one attached hydrogen (secondary N) is 1. The third kappa shape index (κ3) is 3.81. The van der Waals surface area contributed by atoms with Gasteiger partial charge in [-0.15, -0.1) is 0 Å². The van der Waals surface area contributed by atoms with Crippen molar-refractivity contribution in [3.63, 3.8) is 0 Å². The standard InChI is InChI=1S/C14H13ClINO3S/c1-9-7-10(16)3-5-13(9)17-21(18,19)11-4-6-14(20-2)12(15)8-11/h3-8,17H,1-2H3. The van der Waals surface area contributed by atoms with Gasteiger partial charge in [0.25, 0.3) is 10.0 Å². The summed E-state index contributed by atoms with van der Waals surface area (Å²) in [5.74, 6) is 0.432. The van der Waals surface area contributed by atoms with Crippen LogP contribution in [0.2, 0.25) is 5.02 Å². The third-order valence-corrected chi connectivity index (χ3v) is 5.20. The molecule has 0 saturated carbocycles. The maximum Gasteiger partial charge on any atom is 0.261 e. The number of hydrogen-bond donors (Lipinski definition) is 1. The summed E-state index contributed by atoms with van der Waals surface area (Å²) in [6.07, 6.45) is 0. The normalized spacial score (nSPS) is 11.2. The molecule has 0 heterocycles. The first kappa shape index (κ1) is 16.4. The molecule has 0 atom stereocenters. The molecular weight excluding hydrogens is 425 g/mol. The summed E-state index contributed by atoms with van der Waals surface area (Å²) in [5, 5.41) is 0.250. The average Bonchev–Trinajstić information content (AvgIpc) is 2.42. The van der Waals surface area contributed by atoms with E-state index in [4.69, 9.17) is 16.3 Å². The van der Waals surface area contributed by atoms with Crippen LogP contribution in [0.25, 0.3) is 0 Å². The zero-order valence-corrected chi connectivity index (χ0v) is 15.1. The quantitative estimate of drug-likeness (QED) is 0.734. The van der Waals surface area contributed by atoms with Crippen molar-refractivity contribution in [2.24, 2.45) is 0 Å². The van der Waals surface area contributed by atoms with E-state index < -0.39 is 10.0 Å². The molecule has 0 aliphatic carbocycles. The number of benzene rings is 2. The van der Waals surface area contributed by atoms with Gasteiger partial charge in [-0.05, 0) is 71.5 Å². The van der Waals surface area contributed by atoms with Crippen LogP contribution in [-0.4, -0.2) is 15.5 Å². The number of ether oxygens (including phenoxy) is 1. The summed E-state index contributed by atoms with van der Waals surface area (Å²) >= 11 is 8.15.